The minimum Gasteiger partial charge on any atom is -0.407 e. The second-order valence-electron chi connectivity index (χ2n) is 7.77. The molecule has 0 bridgehead atoms. The third-order valence-corrected chi connectivity index (χ3v) is 5.62. The minimum absolute atomic E-state index is 0.0231. The first kappa shape index (κ1) is 22.3. The van der Waals surface area contributed by atoms with E-state index in [0.29, 0.717) is 12.0 Å². The monoisotopic (exact) mass is 441 g/mol. The van der Waals surface area contributed by atoms with E-state index in [2.05, 4.69) is 10.6 Å². The van der Waals surface area contributed by atoms with E-state index < -0.39 is 23.6 Å². The Kier molecular flexibility index (Phi) is 6.82. The molecular weight excluding hydrogens is 417 g/mol. The summed E-state index contributed by atoms with van der Waals surface area (Å²) in [6.45, 7) is 1.62. The molecule has 8 nitrogen and oxygen atoms in total. The van der Waals surface area contributed by atoms with E-state index in [9.17, 15) is 23.9 Å². The van der Waals surface area contributed by atoms with Crippen LogP contribution in [0.2, 0.25) is 5.02 Å². The Bertz CT molecular complexity index is 818. The summed E-state index contributed by atoms with van der Waals surface area (Å²) in [6, 6.07) is 3.66. The number of carbonyl (C=O) groups excluding carboxylic acids is 3. The molecule has 0 aromatic heterocycles. The Labute approximate surface area is 178 Å². The standard InChI is InChI=1S/C20H25ClFN3O5/c1-12(26)24-16-3-2-4-17(10-16)25-6-5-20(29,18(25)27)30-19(28)23-11-13-7-14(21)9-15(22)8-13/h7-9,16-17,29H,2-6,10-11H2,1H3,(H,23,28)(H,24,26). The number of alkyl carbamates (subject to hydrolysis) is 1. The van der Waals surface area contributed by atoms with Gasteiger partial charge in [0, 0.05) is 43.5 Å². The summed E-state index contributed by atoms with van der Waals surface area (Å²) in [5.74, 6) is -3.58. The lowest BCUT2D eigenvalue weighted by atomic mass is 9.90. The quantitative estimate of drug-likeness (QED) is 0.606. The predicted molar refractivity (Wildman–Crippen MR) is 106 cm³/mol. The largest absolute Gasteiger partial charge is 0.410 e. The Morgan fingerprint density at radius 1 is 1.37 bits per heavy atom. The molecule has 10 heteroatoms. The van der Waals surface area contributed by atoms with Gasteiger partial charge in [0.1, 0.15) is 5.82 Å². The molecule has 30 heavy (non-hydrogen) atoms. The van der Waals surface area contributed by atoms with Gasteiger partial charge in [-0.1, -0.05) is 11.6 Å². The molecule has 2 aliphatic rings. The first-order chi connectivity index (χ1) is 14.2. The molecule has 164 valence electrons. The number of hydrogen-bond donors (Lipinski definition) is 3. The molecule has 1 saturated heterocycles. The molecule has 1 aromatic carbocycles. The van der Waals surface area contributed by atoms with Crippen molar-refractivity contribution in [3.05, 3.63) is 34.6 Å². The number of halogens is 2. The number of likely N-dealkylation sites (tertiary alicyclic amines) is 1. The number of nitrogens with zero attached hydrogens (tertiary/aromatic N) is 1. The maximum atomic E-state index is 13.4. The molecule has 2 fully saturated rings. The van der Waals surface area contributed by atoms with Crippen molar-refractivity contribution < 1.29 is 28.6 Å². The van der Waals surface area contributed by atoms with Crippen molar-refractivity contribution in [2.24, 2.45) is 0 Å². The fourth-order valence-corrected chi connectivity index (χ4v) is 4.33. The number of hydrogen-bond acceptors (Lipinski definition) is 5. The second kappa shape index (κ2) is 9.18. The van der Waals surface area contributed by atoms with Crippen LogP contribution in [0.15, 0.2) is 18.2 Å². The molecule has 0 radical (unpaired) electrons. The highest BCUT2D eigenvalue weighted by atomic mass is 35.5. The Morgan fingerprint density at radius 2 is 2.13 bits per heavy atom. The van der Waals surface area contributed by atoms with Crippen LogP contribution in [0, 0.1) is 5.82 Å². The summed E-state index contributed by atoms with van der Waals surface area (Å²) < 4.78 is 18.4. The number of amides is 3. The highest BCUT2D eigenvalue weighted by Crippen LogP contribution is 2.32. The summed E-state index contributed by atoms with van der Waals surface area (Å²) in [6.07, 6.45) is 1.98. The summed E-state index contributed by atoms with van der Waals surface area (Å²) in [7, 11) is 0. The van der Waals surface area contributed by atoms with Gasteiger partial charge in [0.2, 0.25) is 5.91 Å². The number of nitrogens with one attached hydrogen (secondary N) is 2. The highest BCUT2D eigenvalue weighted by Gasteiger charge is 2.51. The number of benzene rings is 1. The smallest absolute Gasteiger partial charge is 0.407 e. The van der Waals surface area contributed by atoms with Crippen molar-refractivity contribution in [2.45, 2.75) is 63.4 Å². The molecule has 3 atom stereocenters. The van der Waals surface area contributed by atoms with E-state index in [0.717, 1.165) is 25.3 Å². The lowest BCUT2D eigenvalue weighted by Gasteiger charge is -2.35. The fraction of sp³-hybridized carbons (Fsp3) is 0.550. The number of rotatable bonds is 5. The number of ether oxygens (including phenoxy) is 1. The van der Waals surface area contributed by atoms with Gasteiger partial charge in [-0.15, -0.1) is 0 Å². The molecular formula is C20H25ClFN3O5. The van der Waals surface area contributed by atoms with E-state index in [1.54, 1.807) is 0 Å². The zero-order chi connectivity index (χ0) is 21.9. The van der Waals surface area contributed by atoms with E-state index in [4.69, 9.17) is 16.3 Å². The molecule has 1 heterocycles. The Hall–Kier alpha value is -2.39. The van der Waals surface area contributed by atoms with Gasteiger partial charge in [0.05, 0.1) is 0 Å². The Morgan fingerprint density at radius 3 is 2.83 bits per heavy atom. The minimum atomic E-state index is -2.25. The molecule has 1 aliphatic heterocycles. The lowest BCUT2D eigenvalue weighted by molar-refractivity contribution is -0.183. The van der Waals surface area contributed by atoms with Gasteiger partial charge in [-0.3, -0.25) is 9.59 Å². The first-order valence-electron chi connectivity index (χ1n) is 9.88. The highest BCUT2D eigenvalue weighted by molar-refractivity contribution is 6.30. The van der Waals surface area contributed by atoms with Crippen LogP contribution < -0.4 is 10.6 Å². The van der Waals surface area contributed by atoms with E-state index >= 15 is 0 Å². The third-order valence-electron chi connectivity index (χ3n) is 5.40. The van der Waals surface area contributed by atoms with Crippen LogP contribution in [-0.2, 0) is 20.9 Å². The van der Waals surface area contributed by atoms with Crippen molar-refractivity contribution >= 4 is 29.5 Å². The number of carbonyl (C=O) groups is 3. The molecule has 3 unspecified atom stereocenters. The maximum absolute atomic E-state index is 13.4. The van der Waals surface area contributed by atoms with Crippen molar-refractivity contribution in [1.82, 2.24) is 15.5 Å². The van der Waals surface area contributed by atoms with Crippen molar-refractivity contribution in [3.8, 4) is 0 Å². The number of aliphatic hydroxyl groups is 1. The summed E-state index contributed by atoms with van der Waals surface area (Å²) >= 11 is 5.77. The normalized spacial score (nSPS) is 26.4. The van der Waals surface area contributed by atoms with E-state index in [-0.39, 0.29) is 42.5 Å². The zero-order valence-electron chi connectivity index (χ0n) is 16.6. The van der Waals surface area contributed by atoms with Crippen molar-refractivity contribution in [2.75, 3.05) is 6.54 Å². The predicted octanol–water partition coefficient (Wildman–Crippen LogP) is 2.07. The fourth-order valence-electron chi connectivity index (χ4n) is 4.09. The van der Waals surface area contributed by atoms with Gasteiger partial charge in [-0.25, -0.2) is 9.18 Å². The first-order valence-corrected chi connectivity index (χ1v) is 10.3. The van der Waals surface area contributed by atoms with E-state index in [1.165, 1.54) is 24.0 Å². The lowest BCUT2D eigenvalue weighted by Crippen LogP contribution is -2.51. The van der Waals surface area contributed by atoms with Crippen LogP contribution >= 0.6 is 11.6 Å². The third kappa shape index (κ3) is 5.40. The molecule has 1 aliphatic carbocycles. The van der Waals surface area contributed by atoms with Gasteiger partial charge in [0.25, 0.3) is 11.7 Å². The molecule has 3 amide bonds. The second-order valence-corrected chi connectivity index (χ2v) is 8.21. The summed E-state index contributed by atoms with van der Waals surface area (Å²) in [5, 5.41) is 16.0. The molecule has 0 spiro atoms. The maximum Gasteiger partial charge on any atom is 0.410 e. The Balaban J connectivity index is 1.55. The van der Waals surface area contributed by atoms with Crippen LogP contribution in [0.4, 0.5) is 9.18 Å². The van der Waals surface area contributed by atoms with Crippen LogP contribution in [0.1, 0.15) is 44.6 Å². The SMILES string of the molecule is CC(=O)NC1CCCC(N2CCC(O)(OC(=O)NCc3cc(F)cc(Cl)c3)C2=O)C1. The van der Waals surface area contributed by atoms with Crippen molar-refractivity contribution in [1.29, 1.82) is 0 Å². The van der Waals surface area contributed by atoms with Crippen LogP contribution in [0.5, 0.6) is 0 Å². The van der Waals surface area contributed by atoms with Crippen LogP contribution in [-0.4, -0.2) is 52.3 Å². The van der Waals surface area contributed by atoms with Gasteiger partial charge < -0.3 is 25.4 Å². The van der Waals surface area contributed by atoms with Crippen LogP contribution in [0.25, 0.3) is 0 Å². The topological polar surface area (TPSA) is 108 Å². The zero-order valence-corrected chi connectivity index (χ0v) is 17.4. The van der Waals surface area contributed by atoms with Crippen LogP contribution in [0.3, 0.4) is 0 Å². The molecule has 1 saturated carbocycles. The van der Waals surface area contributed by atoms with Gasteiger partial charge >= 0.3 is 6.09 Å². The summed E-state index contributed by atoms with van der Waals surface area (Å²) in [4.78, 5) is 37.7. The van der Waals surface area contributed by atoms with E-state index in [1.807, 2.05) is 0 Å². The summed E-state index contributed by atoms with van der Waals surface area (Å²) in [5.41, 5.74) is 0.412. The van der Waals surface area contributed by atoms with Crippen molar-refractivity contribution in [3.63, 3.8) is 0 Å². The van der Waals surface area contributed by atoms with Gasteiger partial charge in [-0.2, -0.15) is 0 Å². The average molecular weight is 442 g/mol. The van der Waals surface area contributed by atoms with Gasteiger partial charge in [0.15, 0.2) is 0 Å². The molecule has 3 N–H and O–H groups in total. The van der Waals surface area contributed by atoms with Gasteiger partial charge in [-0.05, 0) is 49.4 Å². The molecule has 3 rings (SSSR count). The molecule has 1 aromatic rings. The average Bonchev–Trinajstić information content (AvgIpc) is 2.94.